The van der Waals surface area contributed by atoms with E-state index in [0.29, 0.717) is 35.7 Å². The van der Waals surface area contributed by atoms with Crippen LogP contribution < -0.4 is 11.1 Å². The fraction of sp³-hybridized carbons (Fsp3) is 0.182. The van der Waals surface area contributed by atoms with E-state index in [9.17, 15) is 14.4 Å². The number of carbonyl (C=O) groups excluding carboxylic acids is 1. The standard InChI is InChI=1S/C22H17FN8O2/c23-14-4-2-1-3-13(14)11-31-17(20-26-7-8-33-20)9-15(30-31)19-27-10-16(18(25)29-19)28-21(32)22(12-24)5-6-22/h1-4,7-10H,5-6,11H2,(H,28,32)(H2,25,27,29). The molecule has 0 saturated heterocycles. The van der Waals surface area contributed by atoms with Crippen molar-refractivity contribution < 1.29 is 13.6 Å². The number of nitriles is 1. The van der Waals surface area contributed by atoms with Crippen LogP contribution in [-0.2, 0) is 11.3 Å². The minimum absolute atomic E-state index is 0.0309. The lowest BCUT2D eigenvalue weighted by molar-refractivity contribution is -0.119. The zero-order chi connectivity index (χ0) is 23.0. The maximum absolute atomic E-state index is 14.2. The first-order valence-electron chi connectivity index (χ1n) is 10.1. The molecule has 3 heterocycles. The second-order valence-corrected chi connectivity index (χ2v) is 7.64. The van der Waals surface area contributed by atoms with E-state index in [4.69, 9.17) is 10.2 Å². The molecule has 0 aliphatic heterocycles. The van der Waals surface area contributed by atoms with Gasteiger partial charge in [-0.25, -0.2) is 19.3 Å². The average Bonchev–Trinajstić information content (AvgIpc) is 3.22. The highest BCUT2D eigenvalue weighted by Crippen LogP contribution is 2.45. The van der Waals surface area contributed by atoms with Crippen LogP contribution in [-0.4, -0.2) is 30.6 Å². The van der Waals surface area contributed by atoms with Gasteiger partial charge < -0.3 is 15.5 Å². The van der Waals surface area contributed by atoms with Crippen molar-refractivity contribution in [1.82, 2.24) is 24.7 Å². The van der Waals surface area contributed by atoms with Crippen molar-refractivity contribution in [1.29, 1.82) is 5.26 Å². The Bertz CT molecular complexity index is 1390. The van der Waals surface area contributed by atoms with E-state index in [-0.39, 0.29) is 29.7 Å². The number of oxazole rings is 1. The molecule has 1 aromatic carbocycles. The Balaban J connectivity index is 1.47. The Labute approximate surface area is 186 Å². The number of nitrogen functional groups attached to an aromatic ring is 1. The Kier molecular flexibility index (Phi) is 4.82. The van der Waals surface area contributed by atoms with Gasteiger partial charge in [-0.15, -0.1) is 0 Å². The van der Waals surface area contributed by atoms with Crippen molar-refractivity contribution in [3.05, 3.63) is 60.4 Å². The molecule has 33 heavy (non-hydrogen) atoms. The van der Waals surface area contributed by atoms with Gasteiger partial charge in [0.2, 0.25) is 11.8 Å². The average molecular weight is 444 g/mol. The SMILES string of the molecule is N#CC1(C(=O)Nc2cnc(-c3cc(-c4ncco4)n(Cc4ccccc4F)n3)nc2N)CC1. The molecule has 10 nitrogen and oxygen atoms in total. The van der Waals surface area contributed by atoms with Crippen LogP contribution in [0.3, 0.4) is 0 Å². The maximum atomic E-state index is 14.2. The molecule has 0 radical (unpaired) electrons. The predicted molar refractivity (Wildman–Crippen MR) is 115 cm³/mol. The molecular weight excluding hydrogens is 427 g/mol. The summed E-state index contributed by atoms with van der Waals surface area (Å²) in [7, 11) is 0. The number of anilines is 2. The second kappa shape index (κ2) is 7.83. The third kappa shape index (κ3) is 3.78. The summed E-state index contributed by atoms with van der Waals surface area (Å²) in [6, 6.07) is 10.1. The van der Waals surface area contributed by atoms with E-state index in [1.54, 1.807) is 28.9 Å². The molecule has 1 amide bonds. The number of carbonyl (C=O) groups is 1. The van der Waals surface area contributed by atoms with Gasteiger partial charge in [-0.05, 0) is 18.9 Å². The number of benzene rings is 1. The summed E-state index contributed by atoms with van der Waals surface area (Å²) < 4.78 is 21.2. The molecule has 3 N–H and O–H groups in total. The number of amides is 1. The number of nitrogens with zero attached hydrogens (tertiary/aromatic N) is 6. The van der Waals surface area contributed by atoms with Crippen molar-refractivity contribution in [3.63, 3.8) is 0 Å². The smallest absolute Gasteiger partial charge is 0.244 e. The second-order valence-electron chi connectivity index (χ2n) is 7.64. The largest absolute Gasteiger partial charge is 0.443 e. The maximum Gasteiger partial charge on any atom is 0.244 e. The third-order valence-electron chi connectivity index (χ3n) is 5.40. The van der Waals surface area contributed by atoms with Crippen LogP contribution in [0, 0.1) is 22.6 Å². The lowest BCUT2D eigenvalue weighted by Crippen LogP contribution is -2.23. The summed E-state index contributed by atoms with van der Waals surface area (Å²) in [6.45, 7) is 0.129. The number of hydrogen-bond acceptors (Lipinski definition) is 8. The van der Waals surface area contributed by atoms with Gasteiger partial charge in [0, 0.05) is 11.6 Å². The normalized spacial score (nSPS) is 13.9. The lowest BCUT2D eigenvalue weighted by Gasteiger charge is -2.10. The van der Waals surface area contributed by atoms with Crippen molar-refractivity contribution in [2.24, 2.45) is 5.41 Å². The van der Waals surface area contributed by atoms with Crippen LogP contribution >= 0.6 is 0 Å². The van der Waals surface area contributed by atoms with Gasteiger partial charge in [0.05, 0.1) is 25.0 Å². The number of nitrogens with two attached hydrogens (primary N) is 1. The highest BCUT2D eigenvalue weighted by atomic mass is 19.1. The molecule has 5 rings (SSSR count). The summed E-state index contributed by atoms with van der Waals surface area (Å²) >= 11 is 0. The van der Waals surface area contributed by atoms with Gasteiger partial charge >= 0.3 is 0 Å². The highest BCUT2D eigenvalue weighted by Gasteiger charge is 2.50. The molecule has 1 fully saturated rings. The van der Waals surface area contributed by atoms with Crippen LogP contribution in [0.1, 0.15) is 18.4 Å². The molecule has 0 bridgehead atoms. The molecule has 1 saturated carbocycles. The molecule has 0 spiro atoms. The van der Waals surface area contributed by atoms with Crippen molar-refractivity contribution in [2.45, 2.75) is 19.4 Å². The van der Waals surface area contributed by atoms with Crippen LogP contribution in [0.25, 0.3) is 23.1 Å². The van der Waals surface area contributed by atoms with E-state index < -0.39 is 11.3 Å². The van der Waals surface area contributed by atoms with E-state index in [2.05, 4.69) is 25.4 Å². The summed E-state index contributed by atoms with van der Waals surface area (Å²) in [5.41, 5.74) is 6.54. The topological polar surface area (TPSA) is 149 Å². The minimum Gasteiger partial charge on any atom is -0.443 e. The molecule has 4 aromatic rings. The number of nitrogens with one attached hydrogen (secondary N) is 1. The van der Waals surface area contributed by atoms with Gasteiger partial charge in [0.1, 0.15) is 34.6 Å². The molecular formula is C22H17FN8O2. The summed E-state index contributed by atoms with van der Waals surface area (Å²) in [4.78, 5) is 25.0. The quantitative estimate of drug-likeness (QED) is 0.461. The zero-order valence-corrected chi connectivity index (χ0v) is 17.2. The van der Waals surface area contributed by atoms with E-state index in [1.165, 1.54) is 24.7 Å². The molecule has 1 aliphatic rings. The first kappa shape index (κ1) is 20.3. The molecule has 0 atom stereocenters. The van der Waals surface area contributed by atoms with Gasteiger partial charge in [-0.1, -0.05) is 18.2 Å². The Morgan fingerprint density at radius 2 is 2.15 bits per heavy atom. The van der Waals surface area contributed by atoms with Crippen LogP contribution in [0.15, 0.2) is 53.4 Å². The highest BCUT2D eigenvalue weighted by molar-refractivity contribution is 6.00. The summed E-state index contributed by atoms with van der Waals surface area (Å²) in [5, 5.41) is 16.3. The van der Waals surface area contributed by atoms with Crippen molar-refractivity contribution in [2.75, 3.05) is 11.1 Å². The fourth-order valence-corrected chi connectivity index (χ4v) is 3.33. The first-order chi connectivity index (χ1) is 16.0. The van der Waals surface area contributed by atoms with E-state index in [1.807, 2.05) is 6.07 Å². The van der Waals surface area contributed by atoms with Crippen molar-refractivity contribution >= 4 is 17.4 Å². The molecule has 164 valence electrons. The monoisotopic (exact) mass is 444 g/mol. The minimum atomic E-state index is -0.998. The Morgan fingerprint density at radius 3 is 2.82 bits per heavy atom. The lowest BCUT2D eigenvalue weighted by atomic mass is 10.1. The molecule has 11 heteroatoms. The zero-order valence-electron chi connectivity index (χ0n) is 17.2. The summed E-state index contributed by atoms with van der Waals surface area (Å²) in [5.74, 6) is -0.253. The van der Waals surface area contributed by atoms with Gasteiger partial charge in [-0.2, -0.15) is 10.4 Å². The molecule has 0 unspecified atom stereocenters. The van der Waals surface area contributed by atoms with Crippen LogP contribution in [0.5, 0.6) is 0 Å². The third-order valence-corrected chi connectivity index (χ3v) is 5.40. The number of rotatable bonds is 6. The Hall–Kier alpha value is -4.59. The molecule has 1 aliphatic carbocycles. The summed E-state index contributed by atoms with van der Waals surface area (Å²) in [6.07, 6.45) is 5.31. The van der Waals surface area contributed by atoms with E-state index in [0.717, 1.165) is 0 Å². The van der Waals surface area contributed by atoms with Gasteiger partial charge in [0.15, 0.2) is 11.6 Å². The molecule has 3 aromatic heterocycles. The van der Waals surface area contributed by atoms with Gasteiger partial charge in [0.25, 0.3) is 0 Å². The van der Waals surface area contributed by atoms with Crippen LogP contribution in [0.4, 0.5) is 15.9 Å². The predicted octanol–water partition coefficient (Wildman–Crippen LogP) is 3.01. The first-order valence-corrected chi connectivity index (χ1v) is 10.1. The fourth-order valence-electron chi connectivity index (χ4n) is 3.33. The number of hydrogen-bond donors (Lipinski definition) is 2. The van der Waals surface area contributed by atoms with Crippen LogP contribution in [0.2, 0.25) is 0 Å². The van der Waals surface area contributed by atoms with E-state index >= 15 is 0 Å². The van der Waals surface area contributed by atoms with Crippen molar-refractivity contribution in [3.8, 4) is 29.2 Å². The Morgan fingerprint density at radius 1 is 1.33 bits per heavy atom. The number of aromatic nitrogens is 5. The van der Waals surface area contributed by atoms with Gasteiger partial charge in [-0.3, -0.25) is 9.48 Å². The number of halogens is 1.